The van der Waals surface area contributed by atoms with Crippen molar-refractivity contribution < 1.29 is 0 Å². The molecular weight excluding hydrogens is 448 g/mol. The van der Waals surface area contributed by atoms with E-state index in [-0.39, 0.29) is 5.56 Å². The highest BCUT2D eigenvalue weighted by Crippen LogP contribution is 2.28. The standard InChI is InChI=1S/C29H30N6O/c1-3-21-15-16-26-24(17-21)18-25(29(36)30-26)27(34(4-2)19-22-11-7-5-8-12-22)28-31-32-33-35(28)20-23-13-9-6-10-14-23/h5-18,27H,3-4,19-20H2,1-2H3,(H,30,36). The summed E-state index contributed by atoms with van der Waals surface area (Å²) in [5, 5.41) is 13.8. The van der Waals surface area contributed by atoms with Gasteiger partial charge < -0.3 is 4.98 Å². The average Bonchev–Trinajstić information content (AvgIpc) is 3.36. The first kappa shape index (κ1) is 23.6. The lowest BCUT2D eigenvalue weighted by molar-refractivity contribution is 0.214. The Bertz CT molecular complexity index is 1490. The fourth-order valence-electron chi connectivity index (χ4n) is 4.68. The lowest BCUT2D eigenvalue weighted by atomic mass is 10.0. The van der Waals surface area contributed by atoms with E-state index in [2.05, 4.69) is 75.7 Å². The third-order valence-electron chi connectivity index (χ3n) is 6.62. The molecule has 0 amide bonds. The number of aromatic amines is 1. The maximum atomic E-state index is 13.5. The first-order valence-electron chi connectivity index (χ1n) is 12.4. The molecule has 7 nitrogen and oxygen atoms in total. The fourth-order valence-corrected chi connectivity index (χ4v) is 4.68. The summed E-state index contributed by atoms with van der Waals surface area (Å²) in [5.41, 5.74) is 4.82. The fraction of sp³-hybridized carbons (Fsp3) is 0.241. The normalized spacial score (nSPS) is 12.3. The van der Waals surface area contributed by atoms with E-state index in [9.17, 15) is 4.79 Å². The van der Waals surface area contributed by atoms with Gasteiger partial charge in [-0.3, -0.25) is 9.69 Å². The van der Waals surface area contributed by atoms with E-state index in [0.29, 0.717) is 31.0 Å². The van der Waals surface area contributed by atoms with Gasteiger partial charge in [-0.1, -0.05) is 80.6 Å². The zero-order valence-corrected chi connectivity index (χ0v) is 20.6. The third kappa shape index (κ3) is 4.97. The van der Waals surface area contributed by atoms with Crippen LogP contribution in [0.2, 0.25) is 0 Å². The number of hydrogen-bond donors (Lipinski definition) is 1. The molecule has 1 N–H and O–H groups in total. The number of hydrogen-bond acceptors (Lipinski definition) is 5. The molecular formula is C29H30N6O. The molecule has 0 aliphatic rings. The van der Waals surface area contributed by atoms with Crippen molar-refractivity contribution in [1.29, 1.82) is 0 Å². The molecule has 1 unspecified atom stereocenters. The highest BCUT2D eigenvalue weighted by Gasteiger charge is 2.30. The van der Waals surface area contributed by atoms with Crippen LogP contribution in [-0.4, -0.2) is 36.6 Å². The molecule has 0 saturated carbocycles. The molecule has 2 aromatic heterocycles. The van der Waals surface area contributed by atoms with Gasteiger partial charge in [0.2, 0.25) is 0 Å². The van der Waals surface area contributed by atoms with Gasteiger partial charge in [0.1, 0.15) is 6.04 Å². The van der Waals surface area contributed by atoms with Gasteiger partial charge in [-0.25, -0.2) is 4.68 Å². The van der Waals surface area contributed by atoms with E-state index in [1.54, 1.807) is 4.68 Å². The van der Waals surface area contributed by atoms with Gasteiger partial charge in [0.25, 0.3) is 5.56 Å². The molecule has 1 atom stereocenters. The number of aryl methyl sites for hydroxylation is 1. The Labute approximate surface area is 210 Å². The number of pyridine rings is 1. The van der Waals surface area contributed by atoms with Crippen LogP contribution in [0.1, 0.15) is 48.0 Å². The van der Waals surface area contributed by atoms with E-state index in [4.69, 9.17) is 0 Å². The number of fused-ring (bicyclic) bond motifs is 1. The molecule has 0 radical (unpaired) electrons. The van der Waals surface area contributed by atoms with Crippen LogP contribution in [0, 0.1) is 0 Å². The average molecular weight is 479 g/mol. The Hall–Kier alpha value is -4.10. The summed E-state index contributed by atoms with van der Waals surface area (Å²) in [6.07, 6.45) is 0.929. The van der Waals surface area contributed by atoms with Gasteiger partial charge >= 0.3 is 0 Å². The minimum atomic E-state index is -0.424. The molecule has 0 spiro atoms. The predicted octanol–water partition coefficient (Wildman–Crippen LogP) is 4.74. The van der Waals surface area contributed by atoms with Gasteiger partial charge in [-0.15, -0.1) is 5.10 Å². The Morgan fingerprint density at radius 3 is 2.31 bits per heavy atom. The number of tetrazole rings is 1. The van der Waals surface area contributed by atoms with Crippen molar-refractivity contribution in [2.45, 2.75) is 39.4 Å². The van der Waals surface area contributed by atoms with Crippen molar-refractivity contribution in [2.24, 2.45) is 0 Å². The summed E-state index contributed by atoms with van der Waals surface area (Å²) < 4.78 is 1.81. The highest BCUT2D eigenvalue weighted by atomic mass is 16.1. The third-order valence-corrected chi connectivity index (χ3v) is 6.62. The number of rotatable bonds is 9. The van der Waals surface area contributed by atoms with Crippen LogP contribution in [0.15, 0.2) is 89.7 Å². The van der Waals surface area contributed by atoms with E-state index < -0.39 is 6.04 Å². The van der Waals surface area contributed by atoms with Crippen molar-refractivity contribution in [1.82, 2.24) is 30.1 Å². The Morgan fingerprint density at radius 2 is 1.61 bits per heavy atom. The highest BCUT2D eigenvalue weighted by molar-refractivity contribution is 5.80. The summed E-state index contributed by atoms with van der Waals surface area (Å²) in [6, 6.07) is 28.2. The number of nitrogens with one attached hydrogen (secondary N) is 1. The van der Waals surface area contributed by atoms with Crippen molar-refractivity contribution in [3.8, 4) is 0 Å². The van der Waals surface area contributed by atoms with Crippen molar-refractivity contribution >= 4 is 10.9 Å². The lowest BCUT2D eigenvalue weighted by Gasteiger charge is -2.30. The van der Waals surface area contributed by atoms with E-state index >= 15 is 0 Å². The van der Waals surface area contributed by atoms with E-state index in [1.165, 1.54) is 5.56 Å². The summed E-state index contributed by atoms with van der Waals surface area (Å²) in [5.74, 6) is 0.646. The molecule has 5 rings (SSSR count). The number of benzene rings is 3. The van der Waals surface area contributed by atoms with Crippen molar-refractivity contribution in [3.63, 3.8) is 0 Å². The van der Waals surface area contributed by atoms with E-state index in [1.807, 2.05) is 48.5 Å². The van der Waals surface area contributed by atoms with Crippen LogP contribution < -0.4 is 5.56 Å². The van der Waals surface area contributed by atoms with Crippen molar-refractivity contribution in [2.75, 3.05) is 6.54 Å². The maximum Gasteiger partial charge on any atom is 0.253 e. The monoisotopic (exact) mass is 478 g/mol. The second-order valence-electron chi connectivity index (χ2n) is 8.96. The molecule has 2 heterocycles. The molecule has 0 fully saturated rings. The molecule has 0 aliphatic carbocycles. The molecule has 0 bridgehead atoms. The lowest BCUT2D eigenvalue weighted by Crippen LogP contribution is -2.35. The van der Waals surface area contributed by atoms with Crippen LogP contribution in [0.25, 0.3) is 10.9 Å². The van der Waals surface area contributed by atoms with Crippen LogP contribution in [0.4, 0.5) is 0 Å². The van der Waals surface area contributed by atoms with Gasteiger partial charge in [-0.05, 0) is 63.7 Å². The Kier molecular flexibility index (Phi) is 7.00. The summed E-state index contributed by atoms with van der Waals surface area (Å²) in [4.78, 5) is 18.9. The predicted molar refractivity (Wildman–Crippen MR) is 142 cm³/mol. The molecule has 36 heavy (non-hydrogen) atoms. The minimum Gasteiger partial charge on any atom is -0.322 e. The van der Waals surface area contributed by atoms with Crippen LogP contribution in [-0.2, 0) is 19.5 Å². The Morgan fingerprint density at radius 1 is 0.889 bits per heavy atom. The number of H-pyrrole nitrogens is 1. The first-order valence-corrected chi connectivity index (χ1v) is 12.4. The summed E-state index contributed by atoms with van der Waals surface area (Å²) in [6.45, 7) is 6.13. The van der Waals surface area contributed by atoms with Gasteiger partial charge in [0.15, 0.2) is 5.82 Å². The minimum absolute atomic E-state index is 0.127. The second-order valence-corrected chi connectivity index (χ2v) is 8.96. The number of aromatic nitrogens is 5. The summed E-state index contributed by atoms with van der Waals surface area (Å²) in [7, 11) is 0. The zero-order valence-electron chi connectivity index (χ0n) is 20.6. The second kappa shape index (κ2) is 10.7. The van der Waals surface area contributed by atoms with Crippen molar-refractivity contribution in [3.05, 3.63) is 123 Å². The first-order chi connectivity index (χ1) is 17.7. The zero-order chi connectivity index (χ0) is 24.9. The SMILES string of the molecule is CCc1ccc2[nH]c(=O)c(C(c3nnnn3Cc3ccccc3)N(CC)Cc3ccccc3)cc2c1. The van der Waals surface area contributed by atoms with Gasteiger partial charge in [-0.2, -0.15) is 0 Å². The largest absolute Gasteiger partial charge is 0.322 e. The summed E-state index contributed by atoms with van der Waals surface area (Å²) >= 11 is 0. The van der Waals surface area contributed by atoms with Gasteiger partial charge in [0.05, 0.1) is 6.54 Å². The molecule has 182 valence electrons. The van der Waals surface area contributed by atoms with Crippen LogP contribution in [0.3, 0.4) is 0 Å². The molecule has 3 aromatic carbocycles. The van der Waals surface area contributed by atoms with E-state index in [0.717, 1.165) is 28.5 Å². The molecule has 0 saturated heterocycles. The molecule has 5 aromatic rings. The molecule has 0 aliphatic heterocycles. The quantitative estimate of drug-likeness (QED) is 0.331. The molecule has 7 heteroatoms. The topological polar surface area (TPSA) is 79.7 Å². The maximum absolute atomic E-state index is 13.5. The van der Waals surface area contributed by atoms with Crippen LogP contribution >= 0.6 is 0 Å². The van der Waals surface area contributed by atoms with Gasteiger partial charge in [0, 0.05) is 17.6 Å². The Balaban J connectivity index is 1.65. The number of nitrogens with zero attached hydrogens (tertiary/aromatic N) is 5. The van der Waals surface area contributed by atoms with Crippen LogP contribution in [0.5, 0.6) is 0 Å². The smallest absolute Gasteiger partial charge is 0.253 e.